The Morgan fingerprint density at radius 3 is 2.59 bits per heavy atom. The average Bonchev–Trinajstić information content (AvgIpc) is 2.96. The van der Waals surface area contributed by atoms with Crippen LogP contribution in [0.3, 0.4) is 0 Å². The summed E-state index contributed by atoms with van der Waals surface area (Å²) in [5, 5.41) is 6.22. The Hall–Kier alpha value is -1.75. The Kier molecular flexibility index (Phi) is 3.45. The van der Waals surface area contributed by atoms with E-state index in [0.29, 0.717) is 18.5 Å². The first-order valence-electron chi connectivity index (χ1n) is 8.20. The monoisotopic (exact) mass is 302 g/mol. The summed E-state index contributed by atoms with van der Waals surface area (Å²) >= 11 is 0. The van der Waals surface area contributed by atoms with E-state index in [2.05, 4.69) is 10.6 Å². The molecule has 1 atom stereocenters. The maximum atomic E-state index is 11.9. The molecule has 1 aromatic carbocycles. The van der Waals surface area contributed by atoms with Crippen molar-refractivity contribution in [2.45, 2.75) is 44.4 Å². The van der Waals surface area contributed by atoms with Crippen LogP contribution in [0.1, 0.15) is 41.6 Å². The third kappa shape index (κ3) is 2.33. The van der Waals surface area contributed by atoms with E-state index in [1.807, 2.05) is 19.2 Å². The summed E-state index contributed by atoms with van der Waals surface area (Å²) in [5.41, 5.74) is 1.79. The van der Waals surface area contributed by atoms with E-state index in [1.54, 1.807) is 0 Å². The highest BCUT2D eigenvalue weighted by Gasteiger charge is 2.35. The predicted molar refractivity (Wildman–Crippen MR) is 82.3 cm³/mol. The van der Waals surface area contributed by atoms with Crippen molar-refractivity contribution in [1.82, 2.24) is 10.6 Å². The van der Waals surface area contributed by atoms with Crippen LogP contribution in [0.25, 0.3) is 0 Å². The highest BCUT2D eigenvalue weighted by atomic mass is 16.7. The lowest BCUT2D eigenvalue weighted by atomic mass is 9.85. The summed E-state index contributed by atoms with van der Waals surface area (Å²) in [6.07, 6.45) is 5.23. The van der Waals surface area contributed by atoms with Crippen LogP contribution < -0.4 is 20.1 Å². The van der Waals surface area contributed by atoms with Crippen LogP contribution in [0, 0.1) is 5.92 Å². The number of nitrogens with one attached hydrogen (secondary N) is 2. The van der Waals surface area contributed by atoms with Gasteiger partial charge in [-0.3, -0.25) is 4.79 Å². The second kappa shape index (κ2) is 5.47. The minimum atomic E-state index is -0.195. The molecule has 5 nitrogen and oxygen atoms in total. The van der Waals surface area contributed by atoms with Crippen molar-refractivity contribution in [1.29, 1.82) is 0 Å². The van der Waals surface area contributed by atoms with E-state index >= 15 is 0 Å². The number of ether oxygens (including phenoxy) is 2. The largest absolute Gasteiger partial charge is 0.451 e. The molecule has 3 aliphatic rings. The molecule has 2 N–H and O–H groups in total. The van der Waals surface area contributed by atoms with Gasteiger partial charge in [0.05, 0.1) is 0 Å². The fourth-order valence-corrected chi connectivity index (χ4v) is 3.76. The van der Waals surface area contributed by atoms with Gasteiger partial charge in [-0.25, -0.2) is 0 Å². The number of carbonyl (C=O) groups excluding carboxylic acids is 1. The lowest BCUT2D eigenvalue weighted by Crippen LogP contribution is -2.37. The standard InChI is InChI=1S/C17H22N2O3/c1-18-12-4-2-10(3-5-12)17-21-14-8-11-6-7-19-16(20)13(11)9-15(14)22-17/h8-10,12,17-18H,2-7H2,1H3,(H,19,20)/t10-,12-,17?. The first-order chi connectivity index (χ1) is 10.7. The smallest absolute Gasteiger partial charge is 0.251 e. The summed E-state index contributed by atoms with van der Waals surface area (Å²) in [6.45, 7) is 0.697. The molecule has 1 aliphatic carbocycles. The Morgan fingerprint density at radius 1 is 1.14 bits per heavy atom. The van der Waals surface area contributed by atoms with Crippen LogP contribution in [-0.2, 0) is 6.42 Å². The van der Waals surface area contributed by atoms with Gasteiger partial charge in [-0.15, -0.1) is 0 Å². The molecule has 0 aromatic heterocycles. The summed E-state index contributed by atoms with van der Waals surface area (Å²) < 4.78 is 12.0. The van der Waals surface area contributed by atoms with Crippen molar-refractivity contribution in [3.05, 3.63) is 23.3 Å². The number of hydrogen-bond donors (Lipinski definition) is 2. The molecule has 2 heterocycles. The highest BCUT2D eigenvalue weighted by Crippen LogP contribution is 2.42. The zero-order valence-corrected chi connectivity index (χ0v) is 12.9. The molecule has 0 radical (unpaired) electrons. The molecule has 0 spiro atoms. The van der Waals surface area contributed by atoms with Crippen molar-refractivity contribution < 1.29 is 14.3 Å². The zero-order valence-electron chi connectivity index (χ0n) is 12.9. The summed E-state index contributed by atoms with van der Waals surface area (Å²) in [4.78, 5) is 11.9. The van der Waals surface area contributed by atoms with Crippen molar-refractivity contribution in [3.8, 4) is 11.5 Å². The number of rotatable bonds is 2. The maximum Gasteiger partial charge on any atom is 0.251 e. The van der Waals surface area contributed by atoms with Crippen LogP contribution in [0.2, 0.25) is 0 Å². The normalized spacial score (nSPS) is 29.9. The summed E-state index contributed by atoms with van der Waals surface area (Å²) in [7, 11) is 2.03. The average molecular weight is 302 g/mol. The topological polar surface area (TPSA) is 59.6 Å². The molecule has 2 aliphatic heterocycles. The van der Waals surface area contributed by atoms with E-state index in [-0.39, 0.29) is 12.2 Å². The zero-order chi connectivity index (χ0) is 15.1. The lowest BCUT2D eigenvalue weighted by Gasteiger charge is -2.30. The Bertz CT molecular complexity index is 594. The Labute approximate surface area is 130 Å². The molecule has 1 fully saturated rings. The highest BCUT2D eigenvalue weighted by molar-refractivity contribution is 5.97. The molecule has 1 amide bonds. The van der Waals surface area contributed by atoms with E-state index in [1.165, 1.54) is 12.8 Å². The molecule has 5 heteroatoms. The quantitative estimate of drug-likeness (QED) is 0.875. The van der Waals surface area contributed by atoms with Gasteiger partial charge in [0.1, 0.15) is 0 Å². The number of amides is 1. The minimum Gasteiger partial charge on any atom is -0.451 e. The van der Waals surface area contributed by atoms with E-state index in [0.717, 1.165) is 41.9 Å². The van der Waals surface area contributed by atoms with Gasteiger partial charge in [0.2, 0.25) is 6.29 Å². The van der Waals surface area contributed by atoms with E-state index in [4.69, 9.17) is 9.47 Å². The van der Waals surface area contributed by atoms with Crippen molar-refractivity contribution in [3.63, 3.8) is 0 Å². The Morgan fingerprint density at radius 2 is 1.86 bits per heavy atom. The van der Waals surface area contributed by atoms with Gasteiger partial charge in [0, 0.05) is 24.1 Å². The summed E-state index contributed by atoms with van der Waals surface area (Å²) in [5.74, 6) is 1.94. The summed E-state index contributed by atoms with van der Waals surface area (Å²) in [6, 6.07) is 4.46. The third-order valence-corrected chi connectivity index (χ3v) is 5.15. The van der Waals surface area contributed by atoms with Gasteiger partial charge in [-0.05, 0) is 56.8 Å². The molecule has 0 saturated heterocycles. The minimum absolute atomic E-state index is 0.00868. The fraction of sp³-hybridized carbons (Fsp3) is 0.588. The van der Waals surface area contributed by atoms with Crippen LogP contribution in [0.5, 0.6) is 11.5 Å². The molecule has 1 saturated carbocycles. The van der Waals surface area contributed by atoms with Crippen molar-refractivity contribution in [2.24, 2.45) is 5.92 Å². The molecule has 1 aromatic rings. The first-order valence-corrected chi connectivity index (χ1v) is 8.20. The van der Waals surface area contributed by atoms with Crippen LogP contribution in [0.15, 0.2) is 12.1 Å². The maximum absolute atomic E-state index is 11.9. The number of hydrogen-bond acceptors (Lipinski definition) is 4. The second-order valence-electron chi connectivity index (χ2n) is 6.47. The van der Waals surface area contributed by atoms with Gasteiger partial charge in [-0.1, -0.05) is 0 Å². The molecule has 118 valence electrons. The lowest BCUT2D eigenvalue weighted by molar-refractivity contribution is -0.0201. The van der Waals surface area contributed by atoms with Gasteiger partial charge in [0.25, 0.3) is 5.91 Å². The fourth-order valence-electron chi connectivity index (χ4n) is 3.76. The van der Waals surface area contributed by atoms with Crippen molar-refractivity contribution >= 4 is 5.91 Å². The van der Waals surface area contributed by atoms with Crippen LogP contribution in [0.4, 0.5) is 0 Å². The first kappa shape index (κ1) is 13.9. The molecule has 22 heavy (non-hydrogen) atoms. The van der Waals surface area contributed by atoms with Gasteiger partial charge in [0.15, 0.2) is 11.5 Å². The van der Waals surface area contributed by atoms with Crippen molar-refractivity contribution in [2.75, 3.05) is 13.6 Å². The van der Waals surface area contributed by atoms with E-state index in [9.17, 15) is 4.79 Å². The van der Waals surface area contributed by atoms with Gasteiger partial charge in [-0.2, -0.15) is 0 Å². The van der Waals surface area contributed by atoms with Gasteiger partial charge < -0.3 is 20.1 Å². The molecular formula is C17H22N2O3. The molecule has 4 rings (SSSR count). The predicted octanol–water partition coefficient (Wildman–Crippen LogP) is 1.85. The van der Waals surface area contributed by atoms with Crippen LogP contribution in [-0.4, -0.2) is 31.8 Å². The SMILES string of the molecule is CN[C@H]1CC[C@H](C2Oc3cc4c(cc3O2)C(=O)NCC4)CC1. The molecule has 0 bridgehead atoms. The molecular weight excluding hydrogens is 280 g/mol. The van der Waals surface area contributed by atoms with Crippen LogP contribution >= 0.6 is 0 Å². The van der Waals surface area contributed by atoms with E-state index < -0.39 is 0 Å². The third-order valence-electron chi connectivity index (χ3n) is 5.15. The Balaban J connectivity index is 1.50. The number of benzene rings is 1. The number of fused-ring (bicyclic) bond motifs is 2. The molecule has 1 unspecified atom stereocenters. The second-order valence-corrected chi connectivity index (χ2v) is 6.47. The number of carbonyl (C=O) groups is 1. The van der Waals surface area contributed by atoms with Gasteiger partial charge >= 0.3 is 0 Å².